The first-order valence-electron chi connectivity index (χ1n) is 5.88. The van der Waals surface area contributed by atoms with Crippen molar-refractivity contribution in [2.45, 2.75) is 46.6 Å². The number of hydrogen-bond acceptors (Lipinski definition) is 2. The predicted molar refractivity (Wildman–Crippen MR) is 69.7 cm³/mol. The van der Waals surface area contributed by atoms with Gasteiger partial charge in [-0.25, -0.2) is 0 Å². The number of rotatable bonds is 3. The molecule has 96 valence electrons. The van der Waals surface area contributed by atoms with E-state index < -0.39 is 0 Å². The summed E-state index contributed by atoms with van der Waals surface area (Å²) in [6.07, 6.45) is 1.89. The van der Waals surface area contributed by atoms with E-state index in [1.807, 2.05) is 18.7 Å². The predicted octanol–water partition coefficient (Wildman–Crippen LogP) is 2.04. The van der Waals surface area contributed by atoms with Crippen LogP contribution in [-0.4, -0.2) is 29.9 Å². The van der Waals surface area contributed by atoms with Crippen molar-refractivity contribution in [3.8, 4) is 0 Å². The third kappa shape index (κ3) is 3.95. The van der Waals surface area contributed by atoms with Gasteiger partial charge >= 0.3 is 0 Å². The lowest BCUT2D eigenvalue weighted by Gasteiger charge is -2.30. The molecule has 0 aliphatic carbocycles. The van der Waals surface area contributed by atoms with Crippen LogP contribution in [0.4, 0.5) is 0 Å². The Morgan fingerprint density at radius 2 is 2.06 bits per heavy atom. The van der Waals surface area contributed by atoms with E-state index in [0.717, 1.165) is 25.9 Å². The smallest absolute Gasteiger partial charge is 0.228 e. The van der Waals surface area contributed by atoms with Gasteiger partial charge in [0.25, 0.3) is 0 Å². The van der Waals surface area contributed by atoms with Gasteiger partial charge in [-0.2, -0.15) is 0 Å². The number of halogens is 1. The van der Waals surface area contributed by atoms with Crippen molar-refractivity contribution < 1.29 is 4.79 Å². The van der Waals surface area contributed by atoms with Crippen molar-refractivity contribution in [1.82, 2.24) is 4.90 Å². The summed E-state index contributed by atoms with van der Waals surface area (Å²) in [5, 5.41) is 0. The fraction of sp³-hybridized carbons (Fsp3) is 0.917. The lowest BCUT2D eigenvalue weighted by Crippen LogP contribution is -2.41. The van der Waals surface area contributed by atoms with Gasteiger partial charge in [0.15, 0.2) is 0 Å². The molecular weight excluding hydrogens is 224 g/mol. The molecule has 0 spiro atoms. The van der Waals surface area contributed by atoms with Gasteiger partial charge in [0, 0.05) is 24.5 Å². The van der Waals surface area contributed by atoms with Gasteiger partial charge in [0.05, 0.1) is 0 Å². The van der Waals surface area contributed by atoms with Crippen LogP contribution in [0.1, 0.15) is 40.5 Å². The quantitative estimate of drug-likeness (QED) is 0.831. The number of carbonyl (C=O) groups excluding carboxylic acids is 1. The molecule has 1 saturated heterocycles. The fourth-order valence-electron chi connectivity index (χ4n) is 2.51. The zero-order valence-corrected chi connectivity index (χ0v) is 11.6. The first-order valence-corrected chi connectivity index (χ1v) is 5.88. The minimum Gasteiger partial charge on any atom is -0.341 e. The van der Waals surface area contributed by atoms with Crippen molar-refractivity contribution >= 4 is 18.3 Å². The van der Waals surface area contributed by atoms with E-state index >= 15 is 0 Å². The van der Waals surface area contributed by atoms with E-state index in [1.165, 1.54) is 0 Å². The third-order valence-electron chi connectivity index (χ3n) is 3.01. The molecule has 2 N–H and O–H groups in total. The Morgan fingerprint density at radius 1 is 1.50 bits per heavy atom. The van der Waals surface area contributed by atoms with Gasteiger partial charge in [-0.05, 0) is 18.8 Å². The Hall–Kier alpha value is -0.280. The van der Waals surface area contributed by atoms with Gasteiger partial charge in [-0.15, -0.1) is 12.4 Å². The molecule has 0 aromatic heterocycles. The molecule has 1 aliphatic rings. The maximum atomic E-state index is 12.2. The van der Waals surface area contributed by atoms with Crippen LogP contribution in [0.3, 0.4) is 0 Å². The number of amides is 1. The summed E-state index contributed by atoms with van der Waals surface area (Å²) < 4.78 is 0. The van der Waals surface area contributed by atoms with E-state index in [9.17, 15) is 4.79 Å². The van der Waals surface area contributed by atoms with Crippen LogP contribution >= 0.6 is 12.4 Å². The third-order valence-corrected chi connectivity index (χ3v) is 3.01. The van der Waals surface area contributed by atoms with E-state index in [2.05, 4.69) is 13.8 Å². The van der Waals surface area contributed by atoms with Gasteiger partial charge in [-0.1, -0.05) is 27.7 Å². The van der Waals surface area contributed by atoms with Crippen LogP contribution in [0.15, 0.2) is 0 Å². The minimum atomic E-state index is -0.238. The molecule has 0 radical (unpaired) electrons. The topological polar surface area (TPSA) is 46.3 Å². The average Bonchev–Trinajstić information content (AvgIpc) is 2.48. The Kier molecular flexibility index (Phi) is 5.77. The van der Waals surface area contributed by atoms with Crippen LogP contribution in [0, 0.1) is 11.3 Å². The lowest BCUT2D eigenvalue weighted by atomic mass is 9.83. The van der Waals surface area contributed by atoms with E-state index in [-0.39, 0.29) is 29.8 Å². The van der Waals surface area contributed by atoms with Crippen LogP contribution in [0.5, 0.6) is 0 Å². The molecule has 0 aromatic carbocycles. The molecule has 1 atom stereocenters. The SMILES string of the molecule is CC(C)CC(C)(C)C(=O)N1CC[C@@H](N)C1.Cl. The molecule has 0 saturated carbocycles. The van der Waals surface area contributed by atoms with Gasteiger partial charge in [0.2, 0.25) is 5.91 Å². The Morgan fingerprint density at radius 3 is 2.44 bits per heavy atom. The maximum Gasteiger partial charge on any atom is 0.228 e. The molecule has 0 unspecified atom stereocenters. The monoisotopic (exact) mass is 248 g/mol. The summed E-state index contributed by atoms with van der Waals surface area (Å²) in [6, 6.07) is 0.184. The first-order chi connectivity index (χ1) is 6.83. The number of carbonyl (C=O) groups is 1. The van der Waals surface area contributed by atoms with Crippen LogP contribution < -0.4 is 5.73 Å². The summed E-state index contributed by atoms with van der Waals surface area (Å²) in [7, 11) is 0. The molecule has 3 nitrogen and oxygen atoms in total. The number of likely N-dealkylation sites (tertiary alicyclic amines) is 1. The highest BCUT2D eigenvalue weighted by atomic mass is 35.5. The van der Waals surface area contributed by atoms with Crippen LogP contribution in [-0.2, 0) is 4.79 Å². The van der Waals surface area contributed by atoms with E-state index in [1.54, 1.807) is 0 Å². The Bertz CT molecular complexity index is 241. The highest BCUT2D eigenvalue weighted by Crippen LogP contribution is 2.29. The zero-order valence-electron chi connectivity index (χ0n) is 10.8. The summed E-state index contributed by atoms with van der Waals surface area (Å²) in [6.45, 7) is 9.97. The molecule has 16 heavy (non-hydrogen) atoms. The number of nitrogens with zero attached hydrogens (tertiary/aromatic N) is 1. The normalized spacial score (nSPS) is 21.1. The highest BCUT2D eigenvalue weighted by Gasteiger charge is 2.35. The maximum absolute atomic E-state index is 12.2. The van der Waals surface area contributed by atoms with E-state index in [4.69, 9.17) is 5.73 Å². The average molecular weight is 249 g/mol. The molecule has 4 heteroatoms. The largest absolute Gasteiger partial charge is 0.341 e. The lowest BCUT2D eigenvalue weighted by molar-refractivity contribution is -0.140. The van der Waals surface area contributed by atoms with Crippen molar-refractivity contribution in [2.75, 3.05) is 13.1 Å². The standard InChI is InChI=1S/C12H24N2O.ClH/c1-9(2)7-12(3,4)11(15)14-6-5-10(13)8-14;/h9-10H,5-8,13H2,1-4H3;1H/t10-;/m1./s1. The minimum absolute atomic E-state index is 0. The Balaban J connectivity index is 0.00000225. The first kappa shape index (κ1) is 15.7. The molecule has 1 aliphatic heterocycles. The summed E-state index contributed by atoms with van der Waals surface area (Å²) >= 11 is 0. The van der Waals surface area contributed by atoms with Gasteiger partial charge < -0.3 is 10.6 Å². The summed E-state index contributed by atoms with van der Waals surface area (Å²) in [4.78, 5) is 14.1. The summed E-state index contributed by atoms with van der Waals surface area (Å²) in [5.41, 5.74) is 5.58. The second-order valence-corrected chi connectivity index (χ2v) is 5.78. The molecular formula is C12H25ClN2O. The van der Waals surface area contributed by atoms with Crippen LogP contribution in [0.25, 0.3) is 0 Å². The highest BCUT2D eigenvalue weighted by molar-refractivity contribution is 5.85. The fourth-order valence-corrected chi connectivity index (χ4v) is 2.51. The zero-order chi connectivity index (χ0) is 11.6. The number of hydrogen-bond donors (Lipinski definition) is 1. The second-order valence-electron chi connectivity index (χ2n) is 5.78. The van der Waals surface area contributed by atoms with Crippen molar-refractivity contribution in [3.63, 3.8) is 0 Å². The molecule has 1 heterocycles. The molecule has 1 rings (SSSR count). The molecule has 1 amide bonds. The van der Waals surface area contributed by atoms with Crippen molar-refractivity contribution in [1.29, 1.82) is 0 Å². The number of nitrogens with two attached hydrogens (primary N) is 1. The van der Waals surface area contributed by atoms with Crippen LogP contribution in [0.2, 0.25) is 0 Å². The van der Waals surface area contributed by atoms with Gasteiger partial charge in [-0.3, -0.25) is 4.79 Å². The van der Waals surface area contributed by atoms with E-state index in [0.29, 0.717) is 5.92 Å². The van der Waals surface area contributed by atoms with Crippen molar-refractivity contribution in [3.05, 3.63) is 0 Å². The Labute approximate surface area is 105 Å². The summed E-state index contributed by atoms with van der Waals surface area (Å²) in [5.74, 6) is 0.823. The second kappa shape index (κ2) is 5.87. The molecule has 1 fully saturated rings. The molecule has 0 aromatic rings. The molecule has 0 bridgehead atoms. The van der Waals surface area contributed by atoms with Gasteiger partial charge in [0.1, 0.15) is 0 Å². The van der Waals surface area contributed by atoms with Crippen molar-refractivity contribution in [2.24, 2.45) is 17.1 Å².